The van der Waals surface area contributed by atoms with Gasteiger partial charge in [-0.1, -0.05) is 36.3 Å². The average Bonchev–Trinajstić information content (AvgIpc) is 2.62. The fourth-order valence-electron chi connectivity index (χ4n) is 3.50. The third-order valence-electron chi connectivity index (χ3n) is 4.79. The summed E-state index contributed by atoms with van der Waals surface area (Å²) < 4.78 is 30.6. The number of hydrogen-bond acceptors (Lipinski definition) is 3. The average molecular weight is 339 g/mol. The maximum absolute atomic E-state index is 12.9. The van der Waals surface area contributed by atoms with Gasteiger partial charge in [-0.25, -0.2) is 0 Å². The summed E-state index contributed by atoms with van der Waals surface area (Å²) in [6.07, 6.45) is 6.66. The van der Waals surface area contributed by atoms with Crippen LogP contribution in [0.2, 0.25) is 0 Å². The van der Waals surface area contributed by atoms with Crippen molar-refractivity contribution < 1.29 is 18.6 Å². The predicted octanol–water partition coefficient (Wildman–Crippen LogP) is 4.43. The fraction of sp³-hybridized carbons (Fsp3) is 0.579. The van der Waals surface area contributed by atoms with Crippen LogP contribution in [-0.4, -0.2) is 24.0 Å². The predicted molar refractivity (Wildman–Crippen MR) is 91.3 cm³/mol. The molecule has 24 heavy (non-hydrogen) atoms. The zero-order valence-corrected chi connectivity index (χ0v) is 14.8. The minimum absolute atomic E-state index is 0.228. The van der Waals surface area contributed by atoms with Crippen LogP contribution in [0.15, 0.2) is 46.2 Å². The van der Waals surface area contributed by atoms with E-state index in [0.29, 0.717) is 12.8 Å². The van der Waals surface area contributed by atoms with E-state index in [0.717, 1.165) is 34.4 Å². The van der Waals surface area contributed by atoms with Crippen LogP contribution in [0.3, 0.4) is 0 Å². The van der Waals surface area contributed by atoms with Crippen LogP contribution >= 0.6 is 0 Å². The van der Waals surface area contributed by atoms with Crippen molar-refractivity contribution in [1.82, 2.24) is 5.32 Å². The van der Waals surface area contributed by atoms with Crippen molar-refractivity contribution in [1.29, 1.82) is 0 Å². The van der Waals surface area contributed by atoms with Gasteiger partial charge in [0.2, 0.25) is 0 Å². The SMILES string of the molecule is C/C=C(/C)C(C1=CC(C)=C2CC(=C1)C[C@H](O)N2)C(CC)OC(F)F. The number of rotatable bonds is 6. The second-order valence-electron chi connectivity index (χ2n) is 6.50. The van der Waals surface area contributed by atoms with Gasteiger partial charge >= 0.3 is 6.61 Å². The summed E-state index contributed by atoms with van der Waals surface area (Å²) in [6.45, 7) is 4.92. The zero-order chi connectivity index (χ0) is 17.9. The number of aliphatic hydroxyl groups excluding tert-OH is 1. The minimum Gasteiger partial charge on any atom is -0.373 e. The van der Waals surface area contributed by atoms with E-state index in [9.17, 15) is 13.9 Å². The summed E-state index contributed by atoms with van der Waals surface area (Å²) in [5.41, 5.74) is 5.11. The lowest BCUT2D eigenvalue weighted by molar-refractivity contribution is -0.170. The highest BCUT2D eigenvalue weighted by Gasteiger charge is 2.30. The molecule has 3 atom stereocenters. The number of nitrogens with one attached hydrogen (secondary N) is 1. The van der Waals surface area contributed by atoms with Gasteiger partial charge in [-0.15, -0.1) is 0 Å². The second kappa shape index (κ2) is 8.08. The zero-order valence-electron chi connectivity index (χ0n) is 14.8. The minimum atomic E-state index is -2.79. The number of aliphatic hydroxyl groups is 1. The number of piperidine rings is 1. The van der Waals surface area contributed by atoms with E-state index in [4.69, 9.17) is 4.74 Å². The van der Waals surface area contributed by atoms with Gasteiger partial charge in [-0.3, -0.25) is 0 Å². The number of halogens is 2. The van der Waals surface area contributed by atoms with E-state index in [1.54, 1.807) is 0 Å². The molecule has 1 aliphatic carbocycles. The summed E-state index contributed by atoms with van der Waals surface area (Å²) in [7, 11) is 0. The highest BCUT2D eigenvalue weighted by molar-refractivity contribution is 5.44. The maximum atomic E-state index is 12.9. The van der Waals surface area contributed by atoms with E-state index in [1.165, 1.54) is 0 Å². The van der Waals surface area contributed by atoms with Gasteiger partial charge in [0, 0.05) is 24.5 Å². The number of hydrogen-bond donors (Lipinski definition) is 2. The van der Waals surface area contributed by atoms with E-state index in [2.05, 4.69) is 11.4 Å². The van der Waals surface area contributed by atoms with E-state index in [-0.39, 0.29) is 5.92 Å². The van der Waals surface area contributed by atoms with Gasteiger partial charge in [0.05, 0.1) is 6.10 Å². The van der Waals surface area contributed by atoms with E-state index < -0.39 is 18.9 Å². The topological polar surface area (TPSA) is 41.5 Å². The fourth-order valence-corrected chi connectivity index (χ4v) is 3.50. The molecule has 2 bridgehead atoms. The lowest BCUT2D eigenvalue weighted by atomic mass is 9.83. The molecule has 2 unspecified atom stereocenters. The quantitative estimate of drug-likeness (QED) is 0.704. The van der Waals surface area contributed by atoms with Crippen molar-refractivity contribution >= 4 is 0 Å². The monoisotopic (exact) mass is 339 g/mol. The van der Waals surface area contributed by atoms with E-state index >= 15 is 0 Å². The number of alkyl halides is 2. The molecule has 5 heteroatoms. The highest BCUT2D eigenvalue weighted by Crippen LogP contribution is 2.36. The molecule has 134 valence electrons. The molecule has 0 radical (unpaired) electrons. The largest absolute Gasteiger partial charge is 0.373 e. The first kappa shape index (κ1) is 18.9. The second-order valence-corrected chi connectivity index (χ2v) is 6.50. The molecule has 2 rings (SSSR count). The molecule has 1 saturated heterocycles. The Kier molecular flexibility index (Phi) is 6.35. The molecule has 3 nitrogen and oxygen atoms in total. The Morgan fingerprint density at radius 1 is 1.46 bits per heavy atom. The van der Waals surface area contributed by atoms with E-state index in [1.807, 2.05) is 39.8 Å². The van der Waals surface area contributed by atoms with Gasteiger partial charge in [-0.05, 0) is 38.3 Å². The van der Waals surface area contributed by atoms with Crippen molar-refractivity contribution in [3.8, 4) is 0 Å². The van der Waals surface area contributed by atoms with Gasteiger partial charge in [-0.2, -0.15) is 8.78 Å². The molecule has 1 heterocycles. The number of allylic oxidation sites excluding steroid dienone is 5. The standard InChI is InChI=1S/C19H27F2NO2/c1-5-11(3)18(16(6-2)24-19(20)21)14-7-12(4)15-9-13(8-14)10-17(23)22-15/h5,7-8,16-19,22-23H,6,9-10H2,1-4H3/b11-5-/t16?,17-,18?/m0/s1. The third kappa shape index (κ3) is 4.33. The van der Waals surface area contributed by atoms with Crippen LogP contribution in [0.1, 0.15) is 47.0 Å². The molecule has 1 fully saturated rings. The molecule has 0 aromatic carbocycles. The molecule has 2 aliphatic rings. The third-order valence-corrected chi connectivity index (χ3v) is 4.79. The van der Waals surface area contributed by atoms with Crippen LogP contribution in [0.25, 0.3) is 0 Å². The van der Waals surface area contributed by atoms with Crippen molar-refractivity contribution in [2.24, 2.45) is 5.92 Å². The van der Waals surface area contributed by atoms with Crippen molar-refractivity contribution in [2.45, 2.75) is 65.9 Å². The van der Waals surface area contributed by atoms with Crippen LogP contribution in [0.5, 0.6) is 0 Å². The van der Waals surface area contributed by atoms with Crippen LogP contribution in [0, 0.1) is 5.92 Å². The van der Waals surface area contributed by atoms with Gasteiger partial charge in [0.1, 0.15) is 6.23 Å². The molecule has 0 amide bonds. The molecule has 0 aromatic heterocycles. The number of fused-ring (bicyclic) bond motifs is 2. The summed E-state index contributed by atoms with van der Waals surface area (Å²) >= 11 is 0. The Hall–Kier alpha value is -1.46. The number of ether oxygens (including phenoxy) is 1. The van der Waals surface area contributed by atoms with Crippen molar-refractivity contribution in [3.05, 3.63) is 46.2 Å². The Morgan fingerprint density at radius 2 is 2.17 bits per heavy atom. The molecule has 0 spiro atoms. The Bertz CT molecular complexity index is 590. The summed E-state index contributed by atoms with van der Waals surface area (Å²) in [4.78, 5) is 0. The molecule has 0 saturated carbocycles. The smallest absolute Gasteiger partial charge is 0.345 e. The van der Waals surface area contributed by atoms with Crippen LogP contribution < -0.4 is 5.32 Å². The van der Waals surface area contributed by atoms with Crippen LogP contribution in [0.4, 0.5) is 8.78 Å². The first-order valence-corrected chi connectivity index (χ1v) is 8.47. The highest BCUT2D eigenvalue weighted by atomic mass is 19.3. The first-order chi connectivity index (χ1) is 11.3. The van der Waals surface area contributed by atoms with Crippen LogP contribution in [-0.2, 0) is 4.74 Å². The Balaban J connectivity index is 2.46. The van der Waals surface area contributed by atoms with Gasteiger partial charge < -0.3 is 15.2 Å². The molecule has 0 aromatic rings. The van der Waals surface area contributed by atoms with Gasteiger partial charge in [0.25, 0.3) is 0 Å². The molecular weight excluding hydrogens is 312 g/mol. The first-order valence-electron chi connectivity index (χ1n) is 8.47. The lowest BCUT2D eigenvalue weighted by Gasteiger charge is -2.29. The maximum Gasteiger partial charge on any atom is 0.345 e. The summed E-state index contributed by atoms with van der Waals surface area (Å²) in [5.74, 6) is -0.228. The lowest BCUT2D eigenvalue weighted by Crippen LogP contribution is -2.33. The van der Waals surface area contributed by atoms with Gasteiger partial charge in [0.15, 0.2) is 0 Å². The Labute approximate surface area is 142 Å². The summed E-state index contributed by atoms with van der Waals surface area (Å²) in [6, 6.07) is 0. The Morgan fingerprint density at radius 3 is 2.75 bits per heavy atom. The van der Waals surface area contributed by atoms with Crippen molar-refractivity contribution in [2.75, 3.05) is 0 Å². The summed E-state index contributed by atoms with van der Waals surface area (Å²) in [5, 5.41) is 13.1. The van der Waals surface area contributed by atoms with Crippen molar-refractivity contribution in [3.63, 3.8) is 0 Å². The molecule has 2 N–H and O–H groups in total. The normalized spacial score (nSPS) is 24.2. The molecule has 1 aliphatic heterocycles. The molecular formula is C19H27F2NO2.